The third-order valence-electron chi connectivity index (χ3n) is 3.81. The molecule has 3 rings (SSSR count). The number of fused-ring (bicyclic) bond motifs is 1. The predicted octanol–water partition coefficient (Wildman–Crippen LogP) is -8.89. The van der Waals surface area contributed by atoms with Crippen LogP contribution in [0.5, 0.6) is 0 Å². The summed E-state index contributed by atoms with van der Waals surface area (Å²) in [5.41, 5.74) is 5.97. The van der Waals surface area contributed by atoms with E-state index in [9.17, 15) is 38.6 Å². The maximum atomic E-state index is 11.7. The summed E-state index contributed by atoms with van der Waals surface area (Å²) in [6.45, 7) is -1.000. The number of hydrogen-bond acceptors (Lipinski definition) is 15. The first-order chi connectivity index (χ1) is 14.2. The van der Waals surface area contributed by atoms with Gasteiger partial charge in [-0.05, 0) is 0 Å². The van der Waals surface area contributed by atoms with Gasteiger partial charge in [0.05, 0.1) is 12.9 Å². The number of imidazole rings is 1. The van der Waals surface area contributed by atoms with Crippen molar-refractivity contribution in [1.29, 1.82) is 0 Å². The van der Waals surface area contributed by atoms with E-state index in [4.69, 9.17) is 15.4 Å². The monoisotopic (exact) mass is 529 g/mol. The molecule has 0 bridgehead atoms. The largest absolute Gasteiger partial charge is 1.00 e. The van der Waals surface area contributed by atoms with E-state index in [0.717, 1.165) is 6.33 Å². The number of anilines is 1. The summed E-state index contributed by atoms with van der Waals surface area (Å²) in [6, 6.07) is 0. The smallest absolute Gasteiger partial charge is 0.756 e. The number of aliphatic hydroxyl groups excluding tert-OH is 2. The second kappa shape index (κ2) is 11.3. The van der Waals surface area contributed by atoms with Crippen molar-refractivity contribution in [3.8, 4) is 0 Å². The molecule has 0 saturated carbocycles. The van der Waals surface area contributed by atoms with Crippen LogP contribution in [0.2, 0.25) is 0 Å². The normalized spacial score (nSPS) is 28.2. The van der Waals surface area contributed by atoms with E-state index in [1.807, 2.05) is 0 Å². The number of ether oxygens (including phenoxy) is 1. The molecule has 6 N–H and O–H groups in total. The molecule has 0 aliphatic carbocycles. The Morgan fingerprint density at radius 1 is 1.09 bits per heavy atom. The Hall–Kier alpha value is -0.165. The summed E-state index contributed by atoms with van der Waals surface area (Å²) in [5.74, 6) is 0.0322. The van der Waals surface area contributed by atoms with Gasteiger partial charge in [-0.3, -0.25) is 18.2 Å². The number of rotatable bonds is 8. The fourth-order valence-corrected chi connectivity index (χ4v) is 5.55. The van der Waals surface area contributed by atoms with Crippen LogP contribution in [-0.4, -0.2) is 64.4 Å². The van der Waals surface area contributed by atoms with Crippen LogP contribution < -0.4 is 53.2 Å². The molecule has 0 amide bonds. The fourth-order valence-electron chi connectivity index (χ4n) is 2.61. The van der Waals surface area contributed by atoms with Crippen molar-refractivity contribution in [3.63, 3.8) is 0 Å². The van der Waals surface area contributed by atoms with Gasteiger partial charge in [-0.1, -0.05) is 0 Å². The number of phosphoric ester groups is 1. The van der Waals surface area contributed by atoms with Crippen molar-refractivity contribution in [1.82, 2.24) is 19.5 Å². The molecular formula is C10H14Li2N5O13P3. The Balaban J connectivity index is 0.00000272. The molecule has 23 heteroatoms. The third-order valence-corrected chi connectivity index (χ3v) is 7.53. The summed E-state index contributed by atoms with van der Waals surface area (Å²) in [4.78, 5) is 51.0. The third kappa shape index (κ3) is 7.66. The molecule has 7 atom stereocenters. The number of hydrogen-bond donors (Lipinski definition) is 5. The van der Waals surface area contributed by atoms with E-state index < -0.39 is 54.6 Å². The Morgan fingerprint density at radius 2 is 1.73 bits per heavy atom. The zero-order valence-corrected chi connectivity index (χ0v) is 19.5. The summed E-state index contributed by atoms with van der Waals surface area (Å²) >= 11 is 0. The predicted molar refractivity (Wildman–Crippen MR) is 91.0 cm³/mol. The van der Waals surface area contributed by atoms with Crippen LogP contribution >= 0.6 is 23.5 Å². The van der Waals surface area contributed by atoms with Gasteiger partial charge in [0.1, 0.15) is 30.2 Å². The van der Waals surface area contributed by atoms with Crippen molar-refractivity contribution in [2.24, 2.45) is 0 Å². The van der Waals surface area contributed by atoms with Gasteiger partial charge in [-0.25, -0.2) is 28.1 Å². The quantitative estimate of drug-likeness (QED) is 0.121. The van der Waals surface area contributed by atoms with Crippen LogP contribution in [0, 0.1) is 0 Å². The number of nitrogen functional groups attached to an aromatic ring is 1. The van der Waals surface area contributed by atoms with Crippen LogP contribution in [0.3, 0.4) is 0 Å². The van der Waals surface area contributed by atoms with Gasteiger partial charge in [0, 0.05) is 0 Å². The maximum Gasteiger partial charge on any atom is 1.00 e. The molecule has 2 aromatic heterocycles. The van der Waals surface area contributed by atoms with Crippen LogP contribution in [0.4, 0.5) is 5.82 Å². The fraction of sp³-hybridized carbons (Fsp3) is 0.500. The van der Waals surface area contributed by atoms with Gasteiger partial charge in [-0.15, -0.1) is 0 Å². The number of nitrogens with zero attached hydrogens (tertiary/aromatic N) is 4. The van der Waals surface area contributed by atoms with Crippen molar-refractivity contribution < 1.29 is 99.1 Å². The van der Waals surface area contributed by atoms with E-state index in [2.05, 4.69) is 28.1 Å². The van der Waals surface area contributed by atoms with Crippen molar-refractivity contribution in [3.05, 3.63) is 12.7 Å². The standard InChI is InChI=1S/C10H16N5O13P3.2Li/c11-8-5-9(13-2-12-8)15(3-14-5)10-7(17)6(16)4(26-10)1-25-30(21,22)28-31(23,24)27-29(18,19)20;;/h2-4,6-7,10,16-17H,1H2,(H,21,22)(H,23,24)(H2,11,12,13)(H2,18,19,20);;/q;2*+1/p-2/t4-,6+,7?,10-;;/m1../s1/i1+1,2+1,3+1,4+1,5+1,6+1,7+1,8+1,9+1,10+1;;. The van der Waals surface area contributed by atoms with E-state index in [1.165, 1.54) is 10.9 Å². The molecule has 174 valence electrons. The molecular weight excluding hydrogens is 515 g/mol. The number of phosphoric acid groups is 3. The van der Waals surface area contributed by atoms with Gasteiger partial charge in [0.15, 0.2) is 17.7 Å². The van der Waals surface area contributed by atoms with E-state index in [-0.39, 0.29) is 54.7 Å². The van der Waals surface area contributed by atoms with Crippen molar-refractivity contribution >= 4 is 40.4 Å². The molecule has 1 saturated heterocycles. The van der Waals surface area contributed by atoms with Crippen molar-refractivity contribution in [2.75, 3.05) is 12.3 Å². The minimum Gasteiger partial charge on any atom is -0.756 e. The first-order valence-electron chi connectivity index (χ1n) is 7.88. The van der Waals surface area contributed by atoms with E-state index >= 15 is 0 Å². The molecule has 18 nitrogen and oxygen atoms in total. The molecule has 1 aliphatic rings. The minimum atomic E-state index is -6.01. The maximum absolute atomic E-state index is 11.7. The zero-order valence-electron chi connectivity index (χ0n) is 16.8. The van der Waals surface area contributed by atoms with Crippen LogP contribution in [0.15, 0.2) is 12.7 Å². The average molecular weight is 529 g/mol. The second-order valence-corrected chi connectivity index (χ2v) is 10.3. The van der Waals surface area contributed by atoms with E-state index in [0.29, 0.717) is 0 Å². The van der Waals surface area contributed by atoms with E-state index in [1.54, 1.807) is 0 Å². The minimum absolute atomic E-state index is 0. The first kappa shape index (κ1) is 30.9. The molecule has 0 aromatic carbocycles. The van der Waals surface area contributed by atoms with Gasteiger partial charge >= 0.3 is 45.5 Å². The van der Waals surface area contributed by atoms with Crippen LogP contribution in [0.1, 0.15) is 6.23 Å². The van der Waals surface area contributed by atoms with Gasteiger partial charge in [0.25, 0.3) is 15.6 Å². The van der Waals surface area contributed by atoms with Gasteiger partial charge < -0.3 is 40.3 Å². The van der Waals surface area contributed by atoms with Gasteiger partial charge in [0.2, 0.25) is 0 Å². The zero-order chi connectivity index (χ0) is 23.2. The SMILES string of the molecule is N[13c]1n[13cH]n[13c]2[13c]1n[13cH]n2[13C@@H]1O[13C@H]([13CH2]OP(=O)(O)OP(=O)([O-])OP(=O)([O-])O)[13C@H](O)[13CH]1O.[Li+].[Li+]. The number of nitrogens with two attached hydrogens (primary N) is 1. The molecule has 1 aliphatic heterocycles. The molecule has 4 unspecified atom stereocenters. The Labute approximate surface area is 208 Å². The topological polar surface area (TPSA) is 285 Å². The first-order valence-corrected chi connectivity index (χ1v) is 12.3. The Bertz CT molecular complexity index is 1120. The van der Waals surface area contributed by atoms with Crippen molar-refractivity contribution in [2.45, 2.75) is 24.5 Å². The Morgan fingerprint density at radius 3 is 2.33 bits per heavy atom. The summed E-state index contributed by atoms with van der Waals surface area (Å²) in [6.07, 6.45) is -3.81. The number of aliphatic hydroxyl groups is 2. The molecule has 2 aromatic rings. The summed E-state index contributed by atoms with van der Waals surface area (Å²) < 4.78 is 51.0. The molecule has 0 spiro atoms. The van der Waals surface area contributed by atoms with Gasteiger partial charge in [-0.2, -0.15) is 0 Å². The molecule has 33 heavy (non-hydrogen) atoms. The molecule has 0 radical (unpaired) electrons. The average Bonchev–Trinajstić information content (AvgIpc) is 3.13. The van der Waals surface area contributed by atoms with Crippen LogP contribution in [-0.2, 0) is 31.6 Å². The second-order valence-electron chi connectivity index (χ2n) is 5.97. The molecule has 3 heterocycles. The number of aromatic nitrogens is 4. The molecule has 1 fully saturated rings. The summed E-state index contributed by atoms with van der Waals surface area (Å²) in [7, 11) is -17.4. The Kier molecular flexibility index (Phi) is 10.5. The summed E-state index contributed by atoms with van der Waals surface area (Å²) in [5, 5.41) is 20.4. The van der Waals surface area contributed by atoms with Crippen LogP contribution in [0.25, 0.3) is 11.2 Å².